The Morgan fingerprint density at radius 3 is 2.32 bits per heavy atom. The van der Waals surface area contributed by atoms with Crippen molar-refractivity contribution in [1.29, 1.82) is 0 Å². The molecule has 0 radical (unpaired) electrons. The van der Waals surface area contributed by atoms with Crippen LogP contribution in [0.1, 0.15) is 11.6 Å². The van der Waals surface area contributed by atoms with Crippen LogP contribution in [-0.4, -0.2) is 29.6 Å². The van der Waals surface area contributed by atoms with Gasteiger partial charge in [0.25, 0.3) is 0 Å². The number of aromatic hydroxyl groups is 1. The van der Waals surface area contributed by atoms with Crippen LogP contribution in [0.3, 0.4) is 0 Å². The average molecular weight is 367 g/mol. The van der Waals surface area contributed by atoms with E-state index < -0.39 is 24.1 Å². The van der Waals surface area contributed by atoms with Gasteiger partial charge in [-0.2, -0.15) is 13.2 Å². The molecule has 1 rings (SSSR count). The van der Waals surface area contributed by atoms with E-state index in [-0.39, 0.29) is 23.7 Å². The van der Waals surface area contributed by atoms with Gasteiger partial charge in [0, 0.05) is 10.0 Å². The Hall–Kier alpha value is -0.700. The zero-order chi connectivity index (χ0) is 14.1. The third kappa shape index (κ3) is 4.13. The van der Waals surface area contributed by atoms with Crippen LogP contribution in [0, 0.1) is 0 Å². The van der Waals surface area contributed by atoms with Crippen LogP contribution in [0.5, 0.6) is 11.5 Å². The second kappa shape index (κ2) is 6.65. The molecule has 0 aliphatic rings. The molecule has 0 saturated heterocycles. The van der Waals surface area contributed by atoms with Crippen molar-refractivity contribution in [2.45, 2.75) is 18.3 Å². The SMILES string of the molecule is COc1cc(Br)cc([C@@H](N)[C@@H](O)C(F)(F)F)c1O.Cl. The lowest BCUT2D eigenvalue weighted by Crippen LogP contribution is -2.38. The molecule has 0 fully saturated rings. The van der Waals surface area contributed by atoms with E-state index in [9.17, 15) is 18.3 Å². The molecule has 0 aliphatic carbocycles. The van der Waals surface area contributed by atoms with E-state index in [4.69, 9.17) is 15.6 Å². The Kier molecular flexibility index (Phi) is 6.40. The number of aliphatic hydroxyl groups is 1. The highest BCUT2D eigenvalue weighted by Crippen LogP contribution is 2.39. The first kappa shape index (κ1) is 18.3. The molecule has 1 aromatic rings. The van der Waals surface area contributed by atoms with Crippen molar-refractivity contribution in [3.63, 3.8) is 0 Å². The summed E-state index contributed by atoms with van der Waals surface area (Å²) in [7, 11) is 1.25. The van der Waals surface area contributed by atoms with Crippen molar-refractivity contribution in [2.75, 3.05) is 7.11 Å². The maximum atomic E-state index is 12.3. The van der Waals surface area contributed by atoms with Gasteiger partial charge >= 0.3 is 6.18 Å². The van der Waals surface area contributed by atoms with Gasteiger partial charge in [0.1, 0.15) is 0 Å². The molecule has 0 spiro atoms. The molecule has 4 nitrogen and oxygen atoms in total. The van der Waals surface area contributed by atoms with E-state index in [0.29, 0.717) is 4.47 Å². The molecule has 0 bridgehead atoms. The van der Waals surface area contributed by atoms with Crippen LogP contribution >= 0.6 is 28.3 Å². The minimum atomic E-state index is -4.87. The highest BCUT2D eigenvalue weighted by Gasteiger charge is 2.43. The fourth-order valence-electron chi connectivity index (χ4n) is 1.38. The van der Waals surface area contributed by atoms with Crippen molar-refractivity contribution < 1.29 is 28.1 Å². The number of methoxy groups -OCH3 is 1. The van der Waals surface area contributed by atoms with Crippen molar-refractivity contribution in [3.05, 3.63) is 22.2 Å². The van der Waals surface area contributed by atoms with Gasteiger partial charge in [0.05, 0.1) is 13.2 Å². The Morgan fingerprint density at radius 1 is 1.37 bits per heavy atom. The van der Waals surface area contributed by atoms with Gasteiger partial charge in [0.2, 0.25) is 0 Å². The monoisotopic (exact) mass is 365 g/mol. The quantitative estimate of drug-likeness (QED) is 0.768. The van der Waals surface area contributed by atoms with Crippen LogP contribution in [-0.2, 0) is 0 Å². The van der Waals surface area contributed by atoms with Gasteiger partial charge in [-0.1, -0.05) is 15.9 Å². The predicted octanol–water partition coefficient (Wildman–Crippen LogP) is 2.51. The third-order valence-electron chi connectivity index (χ3n) is 2.32. The maximum absolute atomic E-state index is 12.3. The molecule has 0 heterocycles. The van der Waals surface area contributed by atoms with Gasteiger partial charge in [0.15, 0.2) is 17.6 Å². The number of nitrogens with two attached hydrogens (primary N) is 1. The van der Waals surface area contributed by atoms with Crippen molar-refractivity contribution in [1.82, 2.24) is 0 Å². The average Bonchev–Trinajstić information content (AvgIpc) is 2.28. The van der Waals surface area contributed by atoms with Crippen LogP contribution in [0.25, 0.3) is 0 Å². The fourth-order valence-corrected chi connectivity index (χ4v) is 1.83. The predicted molar refractivity (Wildman–Crippen MR) is 68.6 cm³/mol. The van der Waals surface area contributed by atoms with Gasteiger partial charge in [-0.3, -0.25) is 0 Å². The molecule has 0 aliphatic heterocycles. The topological polar surface area (TPSA) is 75.7 Å². The first-order valence-electron chi connectivity index (χ1n) is 4.75. The Morgan fingerprint density at radius 2 is 1.89 bits per heavy atom. The molecule has 4 N–H and O–H groups in total. The summed E-state index contributed by atoms with van der Waals surface area (Å²) in [4.78, 5) is 0. The van der Waals surface area contributed by atoms with Crippen molar-refractivity contribution >= 4 is 28.3 Å². The lowest BCUT2D eigenvalue weighted by atomic mass is 10.0. The van der Waals surface area contributed by atoms with E-state index in [1.165, 1.54) is 19.2 Å². The summed E-state index contributed by atoms with van der Waals surface area (Å²) in [5.74, 6) is -0.569. The molecule has 0 saturated carbocycles. The fraction of sp³-hybridized carbons (Fsp3) is 0.400. The minimum absolute atomic E-state index is 0. The van der Waals surface area contributed by atoms with E-state index in [1.54, 1.807) is 0 Å². The summed E-state index contributed by atoms with van der Waals surface area (Å²) in [6, 6.07) is 0.750. The number of hydrogen-bond donors (Lipinski definition) is 3. The van der Waals surface area contributed by atoms with E-state index in [1.807, 2.05) is 0 Å². The highest BCUT2D eigenvalue weighted by atomic mass is 79.9. The van der Waals surface area contributed by atoms with Crippen LogP contribution in [0.15, 0.2) is 16.6 Å². The Labute approximate surface area is 121 Å². The number of phenolic OH excluding ortho intramolecular Hbond substituents is 1. The number of benzene rings is 1. The van der Waals surface area contributed by atoms with E-state index in [0.717, 1.165) is 0 Å². The second-order valence-electron chi connectivity index (χ2n) is 3.56. The Bertz CT molecular complexity index is 445. The summed E-state index contributed by atoms with van der Waals surface area (Å²) in [6.45, 7) is 0. The van der Waals surface area contributed by atoms with Crippen LogP contribution in [0.2, 0.25) is 0 Å². The number of ether oxygens (including phenoxy) is 1. The molecule has 1 aromatic carbocycles. The van der Waals surface area contributed by atoms with Crippen molar-refractivity contribution in [3.8, 4) is 11.5 Å². The Balaban J connectivity index is 0.00000324. The maximum Gasteiger partial charge on any atom is 0.416 e. The van der Waals surface area contributed by atoms with Gasteiger partial charge in [-0.25, -0.2) is 0 Å². The zero-order valence-electron chi connectivity index (χ0n) is 9.61. The minimum Gasteiger partial charge on any atom is -0.504 e. The number of alkyl halides is 3. The normalized spacial score (nSPS) is 14.5. The molecule has 0 aromatic heterocycles. The summed E-state index contributed by atoms with van der Waals surface area (Å²) in [6.07, 6.45) is -7.65. The second-order valence-corrected chi connectivity index (χ2v) is 4.47. The zero-order valence-corrected chi connectivity index (χ0v) is 12.0. The molecule has 2 atom stereocenters. The molecular weight excluding hydrogens is 354 g/mol. The summed E-state index contributed by atoms with van der Waals surface area (Å²) in [5.41, 5.74) is 5.05. The number of phenols is 1. The van der Waals surface area contributed by atoms with Crippen LogP contribution in [0.4, 0.5) is 13.2 Å². The number of hydrogen-bond acceptors (Lipinski definition) is 4. The highest BCUT2D eigenvalue weighted by molar-refractivity contribution is 9.10. The van der Waals surface area contributed by atoms with E-state index >= 15 is 0 Å². The molecular formula is C10H12BrClF3NO3. The lowest BCUT2D eigenvalue weighted by Gasteiger charge is -2.23. The number of aliphatic hydroxyl groups excluding tert-OH is 1. The molecule has 9 heteroatoms. The molecule has 0 amide bonds. The first-order valence-corrected chi connectivity index (χ1v) is 5.54. The third-order valence-corrected chi connectivity index (χ3v) is 2.78. The number of rotatable bonds is 3. The first-order chi connectivity index (χ1) is 8.18. The number of halogens is 5. The summed E-state index contributed by atoms with van der Waals surface area (Å²) >= 11 is 3.05. The lowest BCUT2D eigenvalue weighted by molar-refractivity contribution is -0.210. The molecule has 0 unspecified atom stereocenters. The standard InChI is InChI=1S/C10H11BrF3NO3.ClH/c1-18-6-3-4(11)2-5(8(6)16)7(15)9(17)10(12,13)14;/h2-3,7,9,16-17H,15H2,1H3;1H/t7-,9-;/m1./s1. The molecule has 19 heavy (non-hydrogen) atoms. The van der Waals surface area contributed by atoms with Crippen molar-refractivity contribution in [2.24, 2.45) is 5.73 Å². The van der Waals surface area contributed by atoms with Gasteiger partial charge in [-0.15, -0.1) is 12.4 Å². The summed E-state index contributed by atoms with van der Waals surface area (Å²) in [5, 5.41) is 18.8. The van der Waals surface area contributed by atoms with Gasteiger partial charge < -0.3 is 20.7 Å². The summed E-state index contributed by atoms with van der Waals surface area (Å²) < 4.78 is 42.2. The van der Waals surface area contributed by atoms with Gasteiger partial charge in [-0.05, 0) is 12.1 Å². The molecule has 110 valence electrons. The smallest absolute Gasteiger partial charge is 0.416 e. The largest absolute Gasteiger partial charge is 0.504 e. The van der Waals surface area contributed by atoms with Crippen LogP contribution < -0.4 is 10.5 Å². The van der Waals surface area contributed by atoms with E-state index in [2.05, 4.69) is 15.9 Å².